The van der Waals surface area contributed by atoms with Crippen LogP contribution in [-0.2, 0) is 9.59 Å². The third-order valence-corrected chi connectivity index (χ3v) is 3.36. The van der Waals surface area contributed by atoms with Crippen LogP contribution in [0.15, 0.2) is 21.1 Å². The van der Waals surface area contributed by atoms with E-state index in [-0.39, 0.29) is 36.0 Å². The van der Waals surface area contributed by atoms with Crippen LogP contribution in [0.3, 0.4) is 0 Å². The van der Waals surface area contributed by atoms with Crippen molar-refractivity contribution in [3.05, 3.63) is 26.6 Å². The Morgan fingerprint density at radius 2 is 1.90 bits per heavy atom. The number of halogens is 2. The first kappa shape index (κ1) is 16.6. The minimum Gasteiger partial charge on any atom is -0.478 e. The molecule has 1 aromatic carbocycles. The van der Waals surface area contributed by atoms with Gasteiger partial charge in [0.2, 0.25) is 11.8 Å². The van der Waals surface area contributed by atoms with Crippen molar-refractivity contribution in [1.82, 2.24) is 5.32 Å². The van der Waals surface area contributed by atoms with Gasteiger partial charge in [-0.3, -0.25) is 9.59 Å². The number of amides is 2. The Balaban J connectivity index is 2.83. The molecule has 0 atom stereocenters. The summed E-state index contributed by atoms with van der Waals surface area (Å²) in [5.41, 5.74) is 0.160. The lowest BCUT2D eigenvalue weighted by molar-refractivity contribution is -0.119. The van der Waals surface area contributed by atoms with E-state index in [9.17, 15) is 14.4 Å². The molecular weight excluding hydrogens is 396 g/mol. The molecule has 0 aromatic heterocycles. The minimum absolute atomic E-state index is 0.0286. The van der Waals surface area contributed by atoms with Crippen molar-refractivity contribution in [1.29, 1.82) is 0 Å². The summed E-state index contributed by atoms with van der Waals surface area (Å²) in [6, 6.07) is 3.03. The molecule has 0 saturated heterocycles. The zero-order valence-electron chi connectivity index (χ0n) is 10.5. The lowest BCUT2D eigenvalue weighted by atomic mass is 10.1. The van der Waals surface area contributed by atoms with Gasteiger partial charge in [0.15, 0.2) is 0 Å². The van der Waals surface area contributed by atoms with Gasteiger partial charge in [0.25, 0.3) is 0 Å². The average Bonchev–Trinajstić information content (AvgIpc) is 2.31. The highest BCUT2D eigenvalue weighted by Gasteiger charge is 2.16. The SMILES string of the molecule is CC(=O)NCCC(=O)Nc1c(Br)cc(Br)cc1C(=O)O. The summed E-state index contributed by atoms with van der Waals surface area (Å²) >= 11 is 6.39. The van der Waals surface area contributed by atoms with Crippen molar-refractivity contribution < 1.29 is 19.5 Å². The second-order valence-electron chi connectivity index (χ2n) is 3.90. The van der Waals surface area contributed by atoms with Crippen LogP contribution in [0.25, 0.3) is 0 Å². The van der Waals surface area contributed by atoms with E-state index in [0.29, 0.717) is 8.95 Å². The van der Waals surface area contributed by atoms with Crippen LogP contribution in [0.1, 0.15) is 23.7 Å². The van der Waals surface area contributed by atoms with Gasteiger partial charge in [-0.05, 0) is 28.1 Å². The first-order valence-corrected chi connectivity index (χ1v) is 7.16. The summed E-state index contributed by atoms with van der Waals surface area (Å²) in [4.78, 5) is 33.6. The molecule has 0 aliphatic carbocycles. The Morgan fingerprint density at radius 3 is 2.45 bits per heavy atom. The maximum absolute atomic E-state index is 11.7. The molecule has 20 heavy (non-hydrogen) atoms. The Morgan fingerprint density at radius 1 is 1.25 bits per heavy atom. The standard InChI is InChI=1S/C12H12Br2N2O4/c1-6(17)15-3-2-10(18)16-11-8(12(19)20)4-7(13)5-9(11)14/h4-5H,2-3H2,1H3,(H,15,17)(H,16,18)(H,19,20). The molecule has 0 aliphatic heterocycles. The van der Waals surface area contributed by atoms with Gasteiger partial charge in [-0.2, -0.15) is 0 Å². The minimum atomic E-state index is -1.15. The molecule has 0 unspecified atom stereocenters. The van der Waals surface area contributed by atoms with Crippen molar-refractivity contribution in [2.24, 2.45) is 0 Å². The molecule has 0 bridgehead atoms. The van der Waals surface area contributed by atoms with Gasteiger partial charge in [-0.15, -0.1) is 0 Å². The second kappa shape index (κ2) is 7.39. The summed E-state index contributed by atoms with van der Waals surface area (Å²) in [5.74, 6) is -1.76. The fourth-order valence-corrected chi connectivity index (χ4v) is 2.75. The summed E-state index contributed by atoms with van der Waals surface area (Å²) in [5, 5.41) is 14.1. The van der Waals surface area contributed by atoms with E-state index < -0.39 is 5.97 Å². The molecule has 0 heterocycles. The second-order valence-corrected chi connectivity index (χ2v) is 5.67. The number of carbonyl (C=O) groups is 3. The van der Waals surface area contributed by atoms with E-state index in [4.69, 9.17) is 5.11 Å². The third kappa shape index (κ3) is 4.93. The maximum atomic E-state index is 11.7. The van der Waals surface area contributed by atoms with Crippen molar-refractivity contribution >= 4 is 55.3 Å². The van der Waals surface area contributed by atoms with E-state index in [1.165, 1.54) is 13.0 Å². The average molecular weight is 408 g/mol. The Hall–Kier alpha value is -1.41. The monoisotopic (exact) mass is 406 g/mol. The number of anilines is 1. The van der Waals surface area contributed by atoms with Gasteiger partial charge in [-0.1, -0.05) is 15.9 Å². The van der Waals surface area contributed by atoms with E-state index in [2.05, 4.69) is 42.5 Å². The van der Waals surface area contributed by atoms with Crippen molar-refractivity contribution in [3.63, 3.8) is 0 Å². The van der Waals surface area contributed by atoms with Crippen LogP contribution in [0.2, 0.25) is 0 Å². The van der Waals surface area contributed by atoms with E-state index in [1.807, 2.05) is 0 Å². The first-order chi connectivity index (χ1) is 9.31. The number of benzene rings is 1. The van der Waals surface area contributed by atoms with Gasteiger partial charge in [0, 0.05) is 28.8 Å². The summed E-state index contributed by atoms with van der Waals surface area (Å²) < 4.78 is 1.04. The number of aromatic carboxylic acids is 1. The highest BCUT2D eigenvalue weighted by molar-refractivity contribution is 9.11. The molecule has 1 aromatic rings. The van der Waals surface area contributed by atoms with Crippen molar-refractivity contribution in [2.45, 2.75) is 13.3 Å². The van der Waals surface area contributed by atoms with Gasteiger partial charge in [-0.25, -0.2) is 4.79 Å². The number of nitrogens with one attached hydrogen (secondary N) is 2. The molecule has 108 valence electrons. The molecule has 6 nitrogen and oxygen atoms in total. The van der Waals surface area contributed by atoms with Crippen LogP contribution < -0.4 is 10.6 Å². The zero-order chi connectivity index (χ0) is 15.3. The van der Waals surface area contributed by atoms with E-state index in [1.54, 1.807) is 6.07 Å². The summed E-state index contributed by atoms with van der Waals surface area (Å²) in [6.07, 6.45) is 0.0567. The lowest BCUT2D eigenvalue weighted by Gasteiger charge is -2.11. The van der Waals surface area contributed by atoms with E-state index >= 15 is 0 Å². The van der Waals surface area contributed by atoms with Gasteiger partial charge in [0.1, 0.15) is 0 Å². The van der Waals surface area contributed by atoms with Crippen molar-refractivity contribution in [2.75, 3.05) is 11.9 Å². The number of hydrogen-bond donors (Lipinski definition) is 3. The molecule has 0 spiro atoms. The van der Waals surface area contributed by atoms with Crippen molar-refractivity contribution in [3.8, 4) is 0 Å². The van der Waals surface area contributed by atoms with Crippen LogP contribution in [0.5, 0.6) is 0 Å². The Kier molecular flexibility index (Phi) is 6.15. The number of rotatable bonds is 5. The molecule has 0 aliphatic rings. The predicted molar refractivity (Wildman–Crippen MR) is 80.7 cm³/mol. The summed E-state index contributed by atoms with van der Waals surface area (Å²) in [7, 11) is 0. The number of carboxylic acid groups (broad SMARTS) is 1. The van der Waals surface area contributed by atoms with Crippen LogP contribution in [-0.4, -0.2) is 29.4 Å². The fraction of sp³-hybridized carbons (Fsp3) is 0.250. The lowest BCUT2D eigenvalue weighted by Crippen LogP contribution is -2.25. The highest BCUT2D eigenvalue weighted by Crippen LogP contribution is 2.30. The molecule has 0 fully saturated rings. The normalized spacial score (nSPS) is 9.95. The quantitative estimate of drug-likeness (QED) is 0.698. The topological polar surface area (TPSA) is 95.5 Å². The molecule has 1 rings (SSSR count). The molecular formula is C12H12Br2N2O4. The van der Waals surface area contributed by atoms with E-state index in [0.717, 1.165) is 0 Å². The highest BCUT2D eigenvalue weighted by atomic mass is 79.9. The predicted octanol–water partition coefficient (Wildman–Crippen LogP) is 2.37. The number of carbonyl (C=O) groups excluding carboxylic acids is 2. The molecule has 0 radical (unpaired) electrons. The zero-order valence-corrected chi connectivity index (χ0v) is 13.7. The van der Waals surface area contributed by atoms with Crippen LogP contribution in [0.4, 0.5) is 5.69 Å². The van der Waals surface area contributed by atoms with Gasteiger partial charge in [0.05, 0.1) is 11.3 Å². The number of hydrogen-bond acceptors (Lipinski definition) is 3. The van der Waals surface area contributed by atoms with Gasteiger partial charge >= 0.3 is 5.97 Å². The smallest absolute Gasteiger partial charge is 0.337 e. The molecule has 8 heteroatoms. The molecule has 3 N–H and O–H groups in total. The summed E-state index contributed by atoms with van der Waals surface area (Å²) in [6.45, 7) is 1.55. The number of carboxylic acids is 1. The molecule has 2 amide bonds. The third-order valence-electron chi connectivity index (χ3n) is 2.28. The fourth-order valence-electron chi connectivity index (χ4n) is 1.42. The largest absolute Gasteiger partial charge is 0.478 e. The van der Waals surface area contributed by atoms with Crippen LogP contribution in [0, 0.1) is 0 Å². The first-order valence-electron chi connectivity index (χ1n) is 5.58. The Labute approximate surface area is 132 Å². The Bertz CT molecular complexity index is 561. The van der Waals surface area contributed by atoms with Gasteiger partial charge < -0.3 is 15.7 Å². The molecule has 0 saturated carbocycles. The maximum Gasteiger partial charge on any atom is 0.337 e. The van der Waals surface area contributed by atoms with Crippen LogP contribution >= 0.6 is 31.9 Å².